The second-order valence-electron chi connectivity index (χ2n) is 5.74. The Kier molecular flexibility index (Phi) is 4.34. The first-order valence-corrected chi connectivity index (χ1v) is 7.56. The van der Waals surface area contributed by atoms with Crippen LogP contribution < -0.4 is 5.84 Å². The van der Waals surface area contributed by atoms with E-state index in [9.17, 15) is 5.11 Å². The zero-order chi connectivity index (χ0) is 14.7. The smallest absolute Gasteiger partial charge is 0.0719 e. The minimum Gasteiger partial charge on any atom is -0.391 e. The predicted molar refractivity (Wildman–Crippen MR) is 84.6 cm³/mol. The first kappa shape index (κ1) is 14.3. The SMILES string of the molecule is NN1CCC[C@@H](O)[C@H]1C(c1ccccc1)c1ccccc1. The lowest BCUT2D eigenvalue weighted by atomic mass is 9.80. The van der Waals surface area contributed by atoms with Gasteiger partial charge in [-0.25, -0.2) is 5.01 Å². The number of aliphatic hydroxyl groups is 1. The Labute approximate surface area is 126 Å². The highest BCUT2D eigenvalue weighted by molar-refractivity contribution is 5.35. The van der Waals surface area contributed by atoms with Crippen LogP contribution in [0.5, 0.6) is 0 Å². The lowest BCUT2D eigenvalue weighted by Gasteiger charge is -2.41. The quantitative estimate of drug-likeness (QED) is 0.851. The first-order valence-electron chi connectivity index (χ1n) is 7.56. The van der Waals surface area contributed by atoms with E-state index in [0.717, 1.165) is 19.4 Å². The molecule has 3 rings (SSSR count). The predicted octanol–water partition coefficient (Wildman–Crippen LogP) is 2.52. The molecule has 1 fully saturated rings. The van der Waals surface area contributed by atoms with E-state index >= 15 is 0 Å². The number of aliphatic hydroxyl groups excluding tert-OH is 1. The maximum Gasteiger partial charge on any atom is 0.0719 e. The Bertz CT molecular complexity index is 508. The van der Waals surface area contributed by atoms with Gasteiger partial charge in [-0.05, 0) is 24.0 Å². The lowest BCUT2D eigenvalue weighted by molar-refractivity contribution is 0.00262. The van der Waals surface area contributed by atoms with Crippen LogP contribution in [0.15, 0.2) is 60.7 Å². The summed E-state index contributed by atoms with van der Waals surface area (Å²) in [7, 11) is 0. The molecule has 0 spiro atoms. The van der Waals surface area contributed by atoms with Crippen molar-refractivity contribution in [2.24, 2.45) is 5.84 Å². The highest BCUT2D eigenvalue weighted by atomic mass is 16.3. The average Bonchev–Trinajstić information content (AvgIpc) is 2.53. The summed E-state index contributed by atoms with van der Waals surface area (Å²) in [6, 6.07) is 20.6. The van der Waals surface area contributed by atoms with Gasteiger partial charge in [0.05, 0.1) is 12.1 Å². The van der Waals surface area contributed by atoms with Crippen molar-refractivity contribution in [3.8, 4) is 0 Å². The van der Waals surface area contributed by atoms with Crippen molar-refractivity contribution in [1.82, 2.24) is 5.01 Å². The van der Waals surface area contributed by atoms with E-state index < -0.39 is 6.10 Å². The van der Waals surface area contributed by atoms with Crippen molar-refractivity contribution >= 4 is 0 Å². The fourth-order valence-electron chi connectivity index (χ4n) is 3.35. The van der Waals surface area contributed by atoms with E-state index in [1.165, 1.54) is 11.1 Å². The number of hydrazine groups is 1. The van der Waals surface area contributed by atoms with Gasteiger partial charge in [-0.15, -0.1) is 0 Å². The highest BCUT2D eigenvalue weighted by Crippen LogP contribution is 2.34. The van der Waals surface area contributed by atoms with Gasteiger partial charge in [-0.3, -0.25) is 5.84 Å². The summed E-state index contributed by atoms with van der Waals surface area (Å²) in [5.74, 6) is 6.31. The zero-order valence-corrected chi connectivity index (χ0v) is 12.1. The molecule has 0 amide bonds. The third-order valence-corrected chi connectivity index (χ3v) is 4.35. The third kappa shape index (κ3) is 3.00. The fraction of sp³-hybridized carbons (Fsp3) is 0.333. The van der Waals surface area contributed by atoms with Gasteiger partial charge >= 0.3 is 0 Å². The van der Waals surface area contributed by atoms with Gasteiger partial charge in [0.15, 0.2) is 0 Å². The summed E-state index contributed by atoms with van der Waals surface area (Å²) in [6.45, 7) is 0.831. The molecule has 2 aromatic carbocycles. The molecule has 1 aliphatic heterocycles. The first-order chi connectivity index (χ1) is 10.3. The summed E-state index contributed by atoms with van der Waals surface area (Å²) in [5, 5.41) is 12.3. The molecular weight excluding hydrogens is 260 g/mol. The fourth-order valence-corrected chi connectivity index (χ4v) is 3.35. The number of benzene rings is 2. The van der Waals surface area contributed by atoms with Crippen LogP contribution in [0, 0.1) is 0 Å². The Hall–Kier alpha value is -1.68. The van der Waals surface area contributed by atoms with Gasteiger partial charge in [-0.2, -0.15) is 0 Å². The lowest BCUT2D eigenvalue weighted by Crippen LogP contribution is -2.54. The largest absolute Gasteiger partial charge is 0.391 e. The third-order valence-electron chi connectivity index (χ3n) is 4.35. The number of piperidine rings is 1. The summed E-state index contributed by atoms with van der Waals surface area (Å²) in [6.07, 6.45) is 1.37. The molecule has 0 aromatic heterocycles. The van der Waals surface area contributed by atoms with E-state index in [0.29, 0.717) is 0 Å². The van der Waals surface area contributed by atoms with Crippen LogP contribution in [0.25, 0.3) is 0 Å². The van der Waals surface area contributed by atoms with Crippen LogP contribution in [0.1, 0.15) is 29.9 Å². The van der Waals surface area contributed by atoms with E-state index in [2.05, 4.69) is 24.3 Å². The number of rotatable bonds is 3. The highest BCUT2D eigenvalue weighted by Gasteiger charge is 2.36. The van der Waals surface area contributed by atoms with Crippen LogP contribution in [0.3, 0.4) is 0 Å². The Morgan fingerprint density at radius 2 is 1.48 bits per heavy atom. The van der Waals surface area contributed by atoms with E-state index in [1.54, 1.807) is 0 Å². The van der Waals surface area contributed by atoms with E-state index in [-0.39, 0.29) is 12.0 Å². The van der Waals surface area contributed by atoms with Crippen molar-refractivity contribution in [3.05, 3.63) is 71.8 Å². The molecule has 3 N–H and O–H groups in total. The Morgan fingerprint density at radius 1 is 0.952 bits per heavy atom. The minimum absolute atomic E-state index is 0.0800. The zero-order valence-electron chi connectivity index (χ0n) is 12.1. The molecule has 0 unspecified atom stereocenters. The topological polar surface area (TPSA) is 49.5 Å². The van der Waals surface area contributed by atoms with Gasteiger partial charge in [0.1, 0.15) is 0 Å². The summed E-state index contributed by atoms with van der Waals surface area (Å²) >= 11 is 0. The van der Waals surface area contributed by atoms with Crippen LogP contribution >= 0.6 is 0 Å². The standard InChI is InChI=1S/C18H22N2O/c19-20-13-7-12-16(21)18(20)17(14-8-3-1-4-9-14)15-10-5-2-6-11-15/h1-6,8-11,16-18,21H,7,12-13,19H2/t16-,18+/m1/s1. The molecule has 21 heavy (non-hydrogen) atoms. The second-order valence-corrected chi connectivity index (χ2v) is 5.74. The second kappa shape index (κ2) is 6.39. The van der Waals surface area contributed by atoms with E-state index in [1.807, 2.05) is 41.4 Å². The summed E-state index contributed by atoms with van der Waals surface area (Å²) < 4.78 is 0. The molecule has 2 atom stereocenters. The molecule has 3 nitrogen and oxygen atoms in total. The summed E-state index contributed by atoms with van der Waals surface area (Å²) in [5.41, 5.74) is 2.40. The van der Waals surface area contributed by atoms with E-state index in [4.69, 9.17) is 5.84 Å². The molecule has 0 bridgehead atoms. The van der Waals surface area contributed by atoms with Crippen molar-refractivity contribution in [2.45, 2.75) is 30.9 Å². The monoisotopic (exact) mass is 282 g/mol. The van der Waals surface area contributed by atoms with Crippen molar-refractivity contribution in [3.63, 3.8) is 0 Å². The number of nitrogens with zero attached hydrogens (tertiary/aromatic N) is 1. The Balaban J connectivity index is 2.04. The Morgan fingerprint density at radius 3 is 1.95 bits per heavy atom. The van der Waals surface area contributed by atoms with Crippen LogP contribution in [-0.4, -0.2) is 28.8 Å². The maximum atomic E-state index is 10.5. The maximum absolute atomic E-state index is 10.5. The molecule has 110 valence electrons. The van der Waals surface area contributed by atoms with Crippen molar-refractivity contribution in [2.75, 3.05) is 6.54 Å². The molecule has 0 saturated carbocycles. The molecule has 1 saturated heterocycles. The van der Waals surface area contributed by atoms with Gasteiger partial charge in [-0.1, -0.05) is 60.7 Å². The van der Waals surface area contributed by atoms with Crippen LogP contribution in [0.2, 0.25) is 0 Å². The normalized spacial score (nSPS) is 23.4. The summed E-state index contributed by atoms with van der Waals surface area (Å²) in [4.78, 5) is 0. The van der Waals surface area contributed by atoms with Gasteiger partial charge in [0.2, 0.25) is 0 Å². The van der Waals surface area contributed by atoms with Gasteiger partial charge in [0.25, 0.3) is 0 Å². The molecule has 1 heterocycles. The molecule has 1 aliphatic rings. The number of hydrogen-bond donors (Lipinski definition) is 2. The number of hydrogen-bond acceptors (Lipinski definition) is 3. The molecule has 3 heteroatoms. The minimum atomic E-state index is -0.394. The van der Waals surface area contributed by atoms with Gasteiger partial charge < -0.3 is 5.11 Å². The molecule has 2 aromatic rings. The van der Waals surface area contributed by atoms with Crippen LogP contribution in [-0.2, 0) is 0 Å². The average molecular weight is 282 g/mol. The van der Waals surface area contributed by atoms with Crippen molar-refractivity contribution in [1.29, 1.82) is 0 Å². The number of nitrogens with two attached hydrogens (primary N) is 1. The molecular formula is C18H22N2O. The molecule has 0 radical (unpaired) electrons. The molecule has 0 aliphatic carbocycles. The van der Waals surface area contributed by atoms with Crippen LogP contribution in [0.4, 0.5) is 0 Å². The van der Waals surface area contributed by atoms with Crippen molar-refractivity contribution < 1.29 is 5.11 Å². The van der Waals surface area contributed by atoms with Gasteiger partial charge in [0, 0.05) is 12.5 Å².